The lowest BCUT2D eigenvalue weighted by molar-refractivity contribution is -0.384. The van der Waals surface area contributed by atoms with Crippen molar-refractivity contribution in [3.8, 4) is 0 Å². The number of carbonyl (C=O) groups is 1. The van der Waals surface area contributed by atoms with Crippen molar-refractivity contribution in [1.82, 2.24) is 0 Å². The second kappa shape index (κ2) is 5.78. The minimum Gasteiger partial charge on any atom is -0.465 e. The molecule has 5 nitrogen and oxygen atoms in total. The largest absolute Gasteiger partial charge is 0.465 e. The second-order valence-electron chi connectivity index (χ2n) is 2.96. The Labute approximate surface area is 106 Å². The third-order valence-corrected chi connectivity index (χ3v) is 3.12. The first-order chi connectivity index (χ1) is 7.56. The molecule has 0 saturated heterocycles. The van der Waals surface area contributed by atoms with Crippen molar-refractivity contribution >= 4 is 34.2 Å². The number of non-ortho nitro benzene ring substituents is 1. The van der Waals surface area contributed by atoms with Crippen LogP contribution in [-0.2, 0) is 9.53 Å². The number of alkyl halides is 1. The van der Waals surface area contributed by atoms with Gasteiger partial charge in [-0.1, -0.05) is 34.7 Å². The molecule has 6 heteroatoms. The standard InChI is InChI=1S/C10H10INO4/c1-2-16-10(13)9(11)7-3-5-8(6-4-7)12(14)15/h3-6,9H,2H2,1H3. The van der Waals surface area contributed by atoms with Crippen LogP contribution in [0.5, 0.6) is 0 Å². The molecule has 0 aliphatic rings. The molecule has 0 radical (unpaired) electrons. The highest BCUT2D eigenvalue weighted by molar-refractivity contribution is 14.1. The van der Waals surface area contributed by atoms with Crippen LogP contribution < -0.4 is 0 Å². The second-order valence-corrected chi connectivity index (χ2v) is 4.21. The average Bonchev–Trinajstić information content (AvgIpc) is 2.28. The van der Waals surface area contributed by atoms with Gasteiger partial charge in [0.15, 0.2) is 0 Å². The Balaban J connectivity index is 2.81. The lowest BCUT2D eigenvalue weighted by atomic mass is 10.1. The molecule has 0 spiro atoms. The highest BCUT2D eigenvalue weighted by Crippen LogP contribution is 2.26. The summed E-state index contributed by atoms with van der Waals surface area (Å²) in [5, 5.41) is 10.4. The van der Waals surface area contributed by atoms with Gasteiger partial charge in [0.05, 0.1) is 11.5 Å². The first kappa shape index (κ1) is 12.9. The number of halogens is 1. The first-order valence-corrected chi connectivity index (χ1v) is 5.86. The number of nitro groups is 1. The molecule has 0 fully saturated rings. The van der Waals surface area contributed by atoms with E-state index in [1.165, 1.54) is 12.1 Å². The summed E-state index contributed by atoms with van der Waals surface area (Å²) in [5.74, 6) is -0.336. The topological polar surface area (TPSA) is 69.4 Å². The monoisotopic (exact) mass is 335 g/mol. The number of hydrogen-bond donors (Lipinski definition) is 0. The molecule has 0 aliphatic carbocycles. The van der Waals surface area contributed by atoms with Crippen LogP contribution >= 0.6 is 22.6 Å². The number of nitro benzene ring substituents is 1. The molecule has 0 N–H and O–H groups in total. The molecule has 0 heterocycles. The first-order valence-electron chi connectivity index (χ1n) is 4.61. The summed E-state index contributed by atoms with van der Waals surface area (Å²) in [7, 11) is 0. The van der Waals surface area contributed by atoms with E-state index in [9.17, 15) is 14.9 Å². The third-order valence-electron chi connectivity index (χ3n) is 1.89. The SMILES string of the molecule is CCOC(=O)C(I)c1ccc([N+](=O)[O-])cc1. The van der Waals surface area contributed by atoms with Gasteiger partial charge in [0.25, 0.3) is 5.69 Å². The predicted molar refractivity (Wildman–Crippen MR) is 66.5 cm³/mol. The Morgan fingerprint density at radius 1 is 1.50 bits per heavy atom. The summed E-state index contributed by atoms with van der Waals surface area (Å²) in [5.41, 5.74) is 0.709. The van der Waals surface area contributed by atoms with Crippen molar-refractivity contribution < 1.29 is 14.5 Å². The molecule has 1 unspecified atom stereocenters. The van der Waals surface area contributed by atoms with Gasteiger partial charge in [-0.2, -0.15) is 0 Å². The summed E-state index contributed by atoms with van der Waals surface area (Å²) in [6, 6.07) is 5.87. The Kier molecular flexibility index (Phi) is 4.66. The predicted octanol–water partition coefficient (Wildman–Crippen LogP) is 2.63. The summed E-state index contributed by atoms with van der Waals surface area (Å²) >= 11 is 1.94. The maximum Gasteiger partial charge on any atom is 0.323 e. The van der Waals surface area contributed by atoms with Crippen molar-refractivity contribution in [3.05, 3.63) is 39.9 Å². The molecule has 1 aromatic carbocycles. The summed E-state index contributed by atoms with van der Waals surface area (Å²) in [6.07, 6.45) is 0. The lowest BCUT2D eigenvalue weighted by Gasteiger charge is -2.08. The molecule has 0 amide bonds. The van der Waals surface area contributed by atoms with E-state index < -0.39 is 8.85 Å². The van der Waals surface area contributed by atoms with Crippen LogP contribution in [0.4, 0.5) is 5.69 Å². The van der Waals surface area contributed by atoms with Crippen molar-refractivity contribution in [2.24, 2.45) is 0 Å². The van der Waals surface area contributed by atoms with Gasteiger partial charge in [0.1, 0.15) is 3.92 Å². The van der Waals surface area contributed by atoms with Crippen LogP contribution in [0.1, 0.15) is 16.4 Å². The number of carbonyl (C=O) groups excluding carboxylic acids is 1. The molecule has 16 heavy (non-hydrogen) atoms. The van der Waals surface area contributed by atoms with Gasteiger partial charge in [-0.15, -0.1) is 0 Å². The number of benzene rings is 1. The van der Waals surface area contributed by atoms with Crippen LogP contribution in [0.2, 0.25) is 0 Å². The zero-order chi connectivity index (χ0) is 12.1. The van der Waals surface area contributed by atoms with Crippen molar-refractivity contribution in [1.29, 1.82) is 0 Å². The van der Waals surface area contributed by atoms with Crippen LogP contribution in [0.15, 0.2) is 24.3 Å². The molecule has 0 bridgehead atoms. The van der Waals surface area contributed by atoms with Gasteiger partial charge < -0.3 is 4.74 Å². The molecule has 1 rings (SSSR count). The smallest absolute Gasteiger partial charge is 0.323 e. The summed E-state index contributed by atoms with van der Waals surface area (Å²) < 4.78 is 4.42. The molecule has 1 aromatic rings. The number of ether oxygens (including phenoxy) is 1. The molecule has 86 valence electrons. The number of rotatable bonds is 4. The third kappa shape index (κ3) is 3.16. The Morgan fingerprint density at radius 3 is 2.50 bits per heavy atom. The van der Waals surface area contributed by atoms with E-state index in [4.69, 9.17) is 4.74 Å². The zero-order valence-corrected chi connectivity index (χ0v) is 10.7. The van der Waals surface area contributed by atoms with E-state index in [-0.39, 0.29) is 11.7 Å². The minimum absolute atomic E-state index is 0.0104. The fraction of sp³-hybridized carbons (Fsp3) is 0.300. The maximum atomic E-state index is 11.4. The van der Waals surface area contributed by atoms with Crippen LogP contribution in [0.25, 0.3) is 0 Å². The minimum atomic E-state index is -0.476. The maximum absolute atomic E-state index is 11.4. The number of esters is 1. The van der Waals surface area contributed by atoms with Gasteiger partial charge in [-0.25, -0.2) is 0 Å². The van der Waals surface area contributed by atoms with Crippen LogP contribution in [-0.4, -0.2) is 17.5 Å². The molecular weight excluding hydrogens is 325 g/mol. The fourth-order valence-electron chi connectivity index (χ4n) is 1.12. The Hall–Kier alpha value is -1.18. The molecule has 0 aliphatic heterocycles. The van der Waals surface area contributed by atoms with E-state index >= 15 is 0 Å². The highest BCUT2D eigenvalue weighted by atomic mass is 127. The van der Waals surface area contributed by atoms with Gasteiger partial charge in [0.2, 0.25) is 0 Å². The van der Waals surface area contributed by atoms with Crippen LogP contribution in [0.3, 0.4) is 0 Å². The molecule has 0 saturated carbocycles. The van der Waals surface area contributed by atoms with E-state index in [1.807, 2.05) is 22.6 Å². The number of nitrogens with zero attached hydrogens (tertiary/aromatic N) is 1. The van der Waals surface area contributed by atoms with Gasteiger partial charge >= 0.3 is 5.97 Å². The quantitative estimate of drug-likeness (QED) is 0.279. The van der Waals surface area contributed by atoms with E-state index in [0.29, 0.717) is 12.2 Å². The van der Waals surface area contributed by atoms with E-state index in [1.54, 1.807) is 19.1 Å². The van der Waals surface area contributed by atoms with Gasteiger partial charge in [-0.05, 0) is 12.5 Å². The van der Waals surface area contributed by atoms with E-state index in [0.717, 1.165) is 0 Å². The zero-order valence-electron chi connectivity index (χ0n) is 8.55. The molecular formula is C10H10INO4. The van der Waals surface area contributed by atoms with Crippen molar-refractivity contribution in [3.63, 3.8) is 0 Å². The van der Waals surface area contributed by atoms with E-state index in [2.05, 4.69) is 0 Å². The fourth-order valence-corrected chi connectivity index (χ4v) is 1.71. The van der Waals surface area contributed by atoms with Gasteiger partial charge in [-0.3, -0.25) is 14.9 Å². The Morgan fingerprint density at radius 2 is 2.06 bits per heavy atom. The normalized spacial score (nSPS) is 11.9. The summed E-state index contributed by atoms with van der Waals surface area (Å²) in [4.78, 5) is 21.4. The summed E-state index contributed by atoms with van der Waals surface area (Å²) in [6.45, 7) is 2.06. The Bertz CT molecular complexity index is 390. The molecule has 1 atom stereocenters. The van der Waals surface area contributed by atoms with Crippen molar-refractivity contribution in [2.75, 3.05) is 6.61 Å². The molecule has 0 aromatic heterocycles. The number of hydrogen-bond acceptors (Lipinski definition) is 4. The van der Waals surface area contributed by atoms with Gasteiger partial charge in [0, 0.05) is 12.1 Å². The highest BCUT2D eigenvalue weighted by Gasteiger charge is 2.18. The van der Waals surface area contributed by atoms with Crippen LogP contribution in [0, 0.1) is 10.1 Å². The average molecular weight is 335 g/mol. The lowest BCUT2D eigenvalue weighted by Crippen LogP contribution is -2.10. The van der Waals surface area contributed by atoms with Crippen molar-refractivity contribution in [2.45, 2.75) is 10.8 Å².